The van der Waals surface area contributed by atoms with E-state index in [0.717, 1.165) is 27.5 Å². The van der Waals surface area contributed by atoms with Crippen LogP contribution in [0.15, 0.2) is 33.3 Å². The molecule has 6 heteroatoms. The third kappa shape index (κ3) is 3.86. The molecule has 2 aromatic heterocycles. The van der Waals surface area contributed by atoms with Crippen molar-refractivity contribution in [2.75, 3.05) is 0 Å². The Hall–Kier alpha value is -0.270. The van der Waals surface area contributed by atoms with Crippen LogP contribution in [0.1, 0.15) is 28.4 Å². The summed E-state index contributed by atoms with van der Waals surface area (Å²) in [6, 6.07) is 6.34. The van der Waals surface area contributed by atoms with Crippen LogP contribution in [-0.4, -0.2) is 4.98 Å². The zero-order valence-corrected chi connectivity index (χ0v) is 14.5. The van der Waals surface area contributed by atoms with Crippen molar-refractivity contribution in [1.29, 1.82) is 0 Å². The molecule has 102 valence electrons. The molecule has 0 bridgehead atoms. The number of pyridine rings is 1. The van der Waals surface area contributed by atoms with Gasteiger partial charge in [0.05, 0.1) is 11.7 Å². The van der Waals surface area contributed by atoms with Crippen LogP contribution in [0.4, 0.5) is 0 Å². The molecule has 0 aliphatic heterocycles. The van der Waals surface area contributed by atoms with Gasteiger partial charge in [-0.05, 0) is 56.5 Å². The predicted octanol–water partition coefficient (Wildman–Crippen LogP) is 3.98. The molecule has 0 radical (unpaired) electrons. The fourth-order valence-electron chi connectivity index (χ4n) is 1.84. The van der Waals surface area contributed by atoms with Crippen LogP contribution < -0.4 is 11.3 Å². The van der Waals surface area contributed by atoms with E-state index in [9.17, 15) is 0 Å². The quantitative estimate of drug-likeness (QED) is 0.585. The third-order valence-electron chi connectivity index (χ3n) is 2.84. The number of nitrogens with one attached hydrogen (secondary N) is 1. The minimum atomic E-state index is 0.00540. The Kier molecular flexibility index (Phi) is 5.53. The van der Waals surface area contributed by atoms with E-state index in [0.29, 0.717) is 0 Å². The van der Waals surface area contributed by atoms with E-state index in [1.165, 1.54) is 9.75 Å². The molecule has 0 aliphatic rings. The Bertz CT molecular complexity index is 557. The molecular weight excluding hydrogens is 390 g/mol. The van der Waals surface area contributed by atoms with Gasteiger partial charge in [0, 0.05) is 31.3 Å². The van der Waals surface area contributed by atoms with Gasteiger partial charge in [0.25, 0.3) is 0 Å². The van der Waals surface area contributed by atoms with Gasteiger partial charge in [-0.1, -0.05) is 6.92 Å². The number of hydrogen-bond donors (Lipinski definition) is 2. The molecule has 3 nitrogen and oxygen atoms in total. The highest BCUT2D eigenvalue weighted by Gasteiger charge is 2.16. The first kappa shape index (κ1) is 15.1. The number of rotatable bonds is 5. The summed E-state index contributed by atoms with van der Waals surface area (Å²) >= 11 is 8.77. The Morgan fingerprint density at radius 3 is 2.68 bits per heavy atom. The summed E-state index contributed by atoms with van der Waals surface area (Å²) in [7, 11) is 0. The molecule has 0 aromatic carbocycles. The van der Waals surface area contributed by atoms with Crippen LogP contribution in [0, 0.1) is 0 Å². The first-order chi connectivity index (χ1) is 9.13. The minimum Gasteiger partial charge on any atom is -0.271 e. The smallest absolute Gasteiger partial charge is 0.0732 e. The highest BCUT2D eigenvalue weighted by atomic mass is 79.9. The van der Waals surface area contributed by atoms with Gasteiger partial charge >= 0.3 is 0 Å². The fourth-order valence-corrected chi connectivity index (χ4v) is 4.11. The Morgan fingerprint density at radius 1 is 1.37 bits per heavy atom. The maximum Gasteiger partial charge on any atom is 0.0732 e. The van der Waals surface area contributed by atoms with Crippen molar-refractivity contribution in [3.63, 3.8) is 0 Å². The monoisotopic (exact) mass is 403 g/mol. The van der Waals surface area contributed by atoms with E-state index in [1.54, 1.807) is 6.20 Å². The molecule has 3 N–H and O–H groups in total. The minimum absolute atomic E-state index is 0.00540. The zero-order valence-electron chi connectivity index (χ0n) is 10.5. The van der Waals surface area contributed by atoms with Gasteiger partial charge in [-0.2, -0.15) is 0 Å². The van der Waals surface area contributed by atoms with Gasteiger partial charge in [-0.3, -0.25) is 16.3 Å². The topological polar surface area (TPSA) is 50.9 Å². The van der Waals surface area contributed by atoms with Gasteiger partial charge in [-0.25, -0.2) is 0 Å². The average Bonchev–Trinajstić information content (AvgIpc) is 2.84. The molecule has 0 fully saturated rings. The normalized spacial score (nSPS) is 12.6. The molecule has 2 heterocycles. The number of aryl methyl sites for hydroxylation is 1. The number of thiophene rings is 1. The molecule has 1 atom stereocenters. The van der Waals surface area contributed by atoms with E-state index >= 15 is 0 Å². The maximum absolute atomic E-state index is 5.68. The van der Waals surface area contributed by atoms with Crippen LogP contribution in [0.5, 0.6) is 0 Å². The Morgan fingerprint density at radius 2 is 2.11 bits per heavy atom. The summed E-state index contributed by atoms with van der Waals surface area (Å²) in [6.45, 7) is 2.17. The largest absolute Gasteiger partial charge is 0.271 e. The standard InChI is InChI=1S/C13H15Br2N3S/c1-2-9-3-4-10(19-9)6-12(18-16)13-11(15)5-8(14)7-17-13/h3-5,7,12,18H,2,6,16H2,1H3. The van der Waals surface area contributed by atoms with Crippen LogP contribution in [-0.2, 0) is 12.8 Å². The lowest BCUT2D eigenvalue weighted by molar-refractivity contribution is 0.539. The lowest BCUT2D eigenvalue weighted by Crippen LogP contribution is -2.30. The van der Waals surface area contributed by atoms with E-state index in [1.807, 2.05) is 17.4 Å². The number of hydrazine groups is 1. The second-order valence-corrected chi connectivity index (χ2v) is 7.19. The molecule has 19 heavy (non-hydrogen) atoms. The van der Waals surface area contributed by atoms with Gasteiger partial charge in [0.15, 0.2) is 0 Å². The second kappa shape index (κ2) is 6.95. The van der Waals surface area contributed by atoms with Crippen molar-refractivity contribution in [2.24, 2.45) is 5.84 Å². The molecule has 2 aromatic rings. The highest BCUT2D eigenvalue weighted by Crippen LogP contribution is 2.28. The van der Waals surface area contributed by atoms with Crippen molar-refractivity contribution < 1.29 is 0 Å². The fraction of sp³-hybridized carbons (Fsp3) is 0.308. The van der Waals surface area contributed by atoms with E-state index in [4.69, 9.17) is 5.84 Å². The first-order valence-electron chi connectivity index (χ1n) is 5.98. The Labute approximate surface area is 133 Å². The summed E-state index contributed by atoms with van der Waals surface area (Å²) in [5.74, 6) is 5.68. The first-order valence-corrected chi connectivity index (χ1v) is 8.39. The summed E-state index contributed by atoms with van der Waals surface area (Å²) in [5.41, 5.74) is 3.78. The third-order valence-corrected chi connectivity index (χ3v) is 5.16. The Balaban J connectivity index is 2.19. The molecule has 0 saturated heterocycles. The number of nitrogens with zero attached hydrogens (tertiary/aromatic N) is 1. The molecular formula is C13H15Br2N3S. The van der Waals surface area contributed by atoms with Crippen molar-refractivity contribution in [2.45, 2.75) is 25.8 Å². The van der Waals surface area contributed by atoms with Crippen LogP contribution >= 0.6 is 43.2 Å². The van der Waals surface area contributed by atoms with Gasteiger partial charge < -0.3 is 0 Å². The maximum atomic E-state index is 5.68. The van der Waals surface area contributed by atoms with Crippen LogP contribution in [0.25, 0.3) is 0 Å². The zero-order chi connectivity index (χ0) is 13.8. The van der Waals surface area contributed by atoms with Crippen molar-refractivity contribution in [1.82, 2.24) is 10.4 Å². The average molecular weight is 405 g/mol. The van der Waals surface area contributed by atoms with Crippen LogP contribution in [0.2, 0.25) is 0 Å². The molecule has 0 spiro atoms. The lowest BCUT2D eigenvalue weighted by atomic mass is 10.1. The number of nitrogens with two attached hydrogens (primary N) is 1. The second-order valence-electron chi connectivity index (χ2n) is 4.17. The summed E-state index contributed by atoms with van der Waals surface area (Å²) < 4.78 is 1.90. The number of aromatic nitrogens is 1. The van der Waals surface area contributed by atoms with Gasteiger partial charge in [0.2, 0.25) is 0 Å². The highest BCUT2D eigenvalue weighted by molar-refractivity contribution is 9.11. The summed E-state index contributed by atoms with van der Waals surface area (Å²) in [5, 5.41) is 0. The summed E-state index contributed by atoms with van der Waals surface area (Å²) in [4.78, 5) is 7.15. The van der Waals surface area contributed by atoms with E-state index in [-0.39, 0.29) is 6.04 Å². The SMILES string of the molecule is CCc1ccc(CC(NN)c2ncc(Br)cc2Br)s1. The lowest BCUT2D eigenvalue weighted by Gasteiger charge is -2.16. The van der Waals surface area contributed by atoms with Crippen LogP contribution in [0.3, 0.4) is 0 Å². The molecule has 0 saturated carbocycles. The number of hydrogen-bond acceptors (Lipinski definition) is 4. The van der Waals surface area contributed by atoms with Gasteiger partial charge in [-0.15, -0.1) is 11.3 Å². The molecule has 0 aliphatic carbocycles. The summed E-state index contributed by atoms with van der Waals surface area (Å²) in [6.07, 6.45) is 3.70. The predicted molar refractivity (Wildman–Crippen MR) is 87.1 cm³/mol. The molecule has 0 amide bonds. The van der Waals surface area contributed by atoms with E-state index in [2.05, 4.69) is 61.3 Å². The van der Waals surface area contributed by atoms with Crippen molar-refractivity contribution in [3.8, 4) is 0 Å². The van der Waals surface area contributed by atoms with Gasteiger partial charge in [0.1, 0.15) is 0 Å². The number of halogens is 2. The van der Waals surface area contributed by atoms with Crippen molar-refractivity contribution >= 4 is 43.2 Å². The van der Waals surface area contributed by atoms with E-state index < -0.39 is 0 Å². The molecule has 2 rings (SSSR count). The molecule has 1 unspecified atom stereocenters. The van der Waals surface area contributed by atoms with Crippen molar-refractivity contribution in [3.05, 3.63) is 48.8 Å².